The Morgan fingerprint density at radius 1 is 0.432 bits per heavy atom. The Labute approximate surface area is 258 Å². The summed E-state index contributed by atoms with van der Waals surface area (Å²) in [5, 5.41) is 2.62. The van der Waals surface area contributed by atoms with Gasteiger partial charge in [0, 0.05) is 27.3 Å². The van der Waals surface area contributed by atoms with E-state index in [9.17, 15) is 0 Å². The van der Waals surface area contributed by atoms with E-state index < -0.39 is 0 Å². The topological polar surface area (TPSA) is 8.17 Å². The van der Waals surface area contributed by atoms with Gasteiger partial charge in [-0.15, -0.1) is 0 Å². The fourth-order valence-electron chi connectivity index (χ4n) is 8.10. The number of benzene rings is 6. The first kappa shape index (κ1) is 25.4. The van der Waals surface area contributed by atoms with E-state index in [1.54, 1.807) is 0 Å². The predicted molar refractivity (Wildman–Crippen MR) is 185 cm³/mol. The largest absolute Gasteiger partial charge is 0.310 e. The third kappa shape index (κ3) is 3.26. The molecule has 9 rings (SSSR count). The molecule has 6 aromatic carbocycles. The van der Waals surface area contributed by atoms with Crippen molar-refractivity contribution in [3.63, 3.8) is 0 Å². The maximum atomic E-state index is 2.49. The van der Waals surface area contributed by atoms with Gasteiger partial charge in [-0.3, -0.25) is 0 Å². The van der Waals surface area contributed by atoms with Crippen molar-refractivity contribution in [2.75, 3.05) is 4.90 Å². The van der Waals surface area contributed by atoms with Gasteiger partial charge in [0.05, 0.1) is 28.1 Å². The average molecular weight is 567 g/mol. The van der Waals surface area contributed by atoms with Crippen LogP contribution in [0.3, 0.4) is 0 Å². The van der Waals surface area contributed by atoms with Crippen LogP contribution in [0.2, 0.25) is 0 Å². The molecule has 44 heavy (non-hydrogen) atoms. The monoisotopic (exact) mass is 566 g/mol. The van der Waals surface area contributed by atoms with E-state index in [1.807, 2.05) is 0 Å². The normalized spacial score (nSPS) is 15.6. The second-order valence-corrected chi connectivity index (χ2v) is 13.5. The molecule has 2 nitrogen and oxygen atoms in total. The first-order valence-corrected chi connectivity index (χ1v) is 15.6. The molecule has 0 N–H and O–H groups in total. The molecule has 212 valence electrons. The summed E-state index contributed by atoms with van der Waals surface area (Å²) in [4.78, 5) is 2.42. The molecule has 0 atom stereocenters. The molecule has 2 aliphatic rings. The molecule has 0 saturated carbocycles. The van der Waals surface area contributed by atoms with Crippen LogP contribution in [0.1, 0.15) is 49.9 Å². The number of rotatable bonds is 2. The van der Waals surface area contributed by atoms with Crippen molar-refractivity contribution in [2.45, 2.75) is 38.5 Å². The molecule has 0 spiro atoms. The van der Waals surface area contributed by atoms with Gasteiger partial charge in [-0.25, -0.2) is 0 Å². The molecule has 0 aliphatic carbocycles. The zero-order valence-corrected chi connectivity index (χ0v) is 25.6. The Morgan fingerprint density at radius 2 is 0.955 bits per heavy atom. The maximum absolute atomic E-state index is 2.49. The average Bonchev–Trinajstić information content (AvgIpc) is 3.39. The molecule has 1 aromatic heterocycles. The van der Waals surface area contributed by atoms with Gasteiger partial charge >= 0.3 is 0 Å². The summed E-state index contributed by atoms with van der Waals surface area (Å²) >= 11 is 0. The number of fused-ring (bicyclic) bond motifs is 7. The van der Waals surface area contributed by atoms with E-state index in [0.29, 0.717) is 0 Å². The Balaban J connectivity index is 1.18. The molecular formula is C42H34N2. The molecule has 0 unspecified atom stereocenters. The van der Waals surface area contributed by atoms with E-state index in [1.165, 1.54) is 77.9 Å². The highest BCUT2D eigenvalue weighted by atomic mass is 15.2. The highest BCUT2D eigenvalue weighted by molar-refractivity contribution is 6.12. The van der Waals surface area contributed by atoms with Crippen molar-refractivity contribution in [3.8, 4) is 16.8 Å². The van der Waals surface area contributed by atoms with E-state index in [4.69, 9.17) is 0 Å². The Hall–Kier alpha value is -5.08. The summed E-state index contributed by atoms with van der Waals surface area (Å²) in [6.07, 6.45) is 0. The molecule has 3 heterocycles. The summed E-state index contributed by atoms with van der Waals surface area (Å²) in [5.74, 6) is 0. The van der Waals surface area contributed by atoms with Crippen LogP contribution in [0.5, 0.6) is 0 Å². The van der Waals surface area contributed by atoms with E-state index in [0.717, 1.165) is 0 Å². The quantitative estimate of drug-likeness (QED) is 0.202. The van der Waals surface area contributed by atoms with Crippen molar-refractivity contribution < 1.29 is 0 Å². The van der Waals surface area contributed by atoms with Crippen LogP contribution in [-0.4, -0.2) is 4.57 Å². The van der Waals surface area contributed by atoms with Gasteiger partial charge in [-0.05, 0) is 75.8 Å². The maximum Gasteiger partial charge on any atom is 0.0582 e. The Morgan fingerprint density at radius 3 is 1.61 bits per heavy atom. The number of nitrogens with zero attached hydrogens (tertiary/aromatic N) is 2. The first-order valence-electron chi connectivity index (χ1n) is 15.6. The van der Waals surface area contributed by atoms with Gasteiger partial charge in [0.25, 0.3) is 0 Å². The fourth-order valence-corrected chi connectivity index (χ4v) is 8.10. The molecule has 2 heteroatoms. The van der Waals surface area contributed by atoms with E-state index in [-0.39, 0.29) is 10.8 Å². The predicted octanol–water partition coefficient (Wildman–Crippen LogP) is 11.2. The fraction of sp³-hybridized carbons (Fsp3) is 0.143. The number of para-hydroxylation sites is 4. The van der Waals surface area contributed by atoms with Crippen LogP contribution in [-0.2, 0) is 10.8 Å². The molecule has 0 bridgehead atoms. The first-order chi connectivity index (χ1) is 21.4. The van der Waals surface area contributed by atoms with Gasteiger partial charge in [-0.2, -0.15) is 0 Å². The lowest BCUT2D eigenvalue weighted by molar-refractivity contribution is 0.630. The lowest BCUT2D eigenvalue weighted by Crippen LogP contribution is -2.30. The summed E-state index contributed by atoms with van der Waals surface area (Å²) < 4.78 is 2.49. The van der Waals surface area contributed by atoms with Crippen molar-refractivity contribution in [2.24, 2.45) is 0 Å². The highest BCUT2D eigenvalue weighted by Gasteiger charge is 2.37. The molecular weight excluding hydrogens is 532 g/mol. The van der Waals surface area contributed by atoms with Gasteiger partial charge in [0.2, 0.25) is 0 Å². The summed E-state index contributed by atoms with van der Waals surface area (Å²) in [5.41, 5.74) is 15.4. The van der Waals surface area contributed by atoms with Crippen LogP contribution in [0.4, 0.5) is 17.1 Å². The van der Waals surface area contributed by atoms with Crippen LogP contribution >= 0.6 is 0 Å². The smallest absolute Gasteiger partial charge is 0.0582 e. The summed E-state index contributed by atoms with van der Waals surface area (Å²) in [7, 11) is 0. The zero-order chi connectivity index (χ0) is 29.8. The highest BCUT2D eigenvalue weighted by Crippen LogP contribution is 2.52. The van der Waals surface area contributed by atoms with Crippen molar-refractivity contribution >= 4 is 38.9 Å². The van der Waals surface area contributed by atoms with Crippen LogP contribution in [0.25, 0.3) is 38.6 Å². The van der Waals surface area contributed by atoms with E-state index in [2.05, 4.69) is 171 Å². The van der Waals surface area contributed by atoms with Crippen LogP contribution in [0.15, 0.2) is 133 Å². The second-order valence-electron chi connectivity index (χ2n) is 13.5. The Kier molecular flexibility index (Phi) is 5.05. The summed E-state index contributed by atoms with van der Waals surface area (Å²) in [6.45, 7) is 9.38. The lowest BCUT2D eigenvalue weighted by Gasteiger charge is -2.42. The minimum absolute atomic E-state index is 0.0555. The van der Waals surface area contributed by atoms with Gasteiger partial charge in [-0.1, -0.05) is 119 Å². The van der Waals surface area contributed by atoms with Crippen molar-refractivity contribution in [1.82, 2.24) is 4.57 Å². The zero-order valence-electron chi connectivity index (χ0n) is 25.6. The third-order valence-electron chi connectivity index (χ3n) is 10.4. The second kappa shape index (κ2) is 8.74. The minimum Gasteiger partial charge on any atom is -0.310 e. The van der Waals surface area contributed by atoms with Gasteiger partial charge in [0.1, 0.15) is 0 Å². The third-order valence-corrected chi connectivity index (χ3v) is 10.4. The standard InChI is InChI=1S/C42H34N2/c1-41(2)32-13-5-8-17-37(32)43(38-18-9-6-14-33(38)41)29-23-20-27(21-24-29)28-22-25-36-31(26-28)30-12-11-16-35-40(30)44(36)39-19-10-7-15-34(39)42(35,3)4/h5-26H,1-4H3. The number of aromatic nitrogens is 1. The number of hydrogen-bond acceptors (Lipinski definition) is 1. The number of anilines is 3. The molecule has 7 aromatic rings. The molecule has 0 radical (unpaired) electrons. The summed E-state index contributed by atoms with van der Waals surface area (Å²) in [6, 6.07) is 49.5. The molecule has 2 aliphatic heterocycles. The van der Waals surface area contributed by atoms with Gasteiger partial charge in [0.15, 0.2) is 0 Å². The lowest BCUT2D eigenvalue weighted by atomic mass is 9.73. The van der Waals surface area contributed by atoms with Crippen molar-refractivity contribution in [1.29, 1.82) is 0 Å². The minimum atomic E-state index is -0.0602. The Bertz CT molecular complexity index is 2230. The van der Waals surface area contributed by atoms with Crippen LogP contribution < -0.4 is 4.90 Å². The van der Waals surface area contributed by atoms with Gasteiger partial charge < -0.3 is 9.47 Å². The SMILES string of the molecule is CC1(C)c2ccccc2N(c2ccc(-c3ccc4c(c3)c3cccc5c3n4-c3ccccc3C5(C)C)cc2)c2ccccc21. The van der Waals surface area contributed by atoms with Crippen molar-refractivity contribution in [3.05, 3.63) is 156 Å². The molecule has 0 saturated heterocycles. The molecule has 0 amide bonds. The van der Waals surface area contributed by atoms with E-state index >= 15 is 0 Å². The number of hydrogen-bond donors (Lipinski definition) is 0. The van der Waals surface area contributed by atoms with Crippen LogP contribution in [0, 0.1) is 0 Å². The molecule has 0 fully saturated rings.